The van der Waals surface area contributed by atoms with Gasteiger partial charge in [0.15, 0.2) is 0 Å². The lowest BCUT2D eigenvalue weighted by molar-refractivity contribution is -0.130. The molecule has 2 aromatic carbocycles. The maximum Gasteiger partial charge on any atom is 0.365 e. The van der Waals surface area contributed by atoms with Crippen LogP contribution in [0.15, 0.2) is 58.2 Å². The Balaban J connectivity index is 1.58. The fourth-order valence-corrected chi connectivity index (χ4v) is 5.53. The normalized spacial score (nSPS) is 27.3. The molecule has 0 spiro atoms. The topological polar surface area (TPSA) is 67.8 Å². The molecule has 2 fully saturated rings. The summed E-state index contributed by atoms with van der Waals surface area (Å²) in [4.78, 5) is 31.2. The van der Waals surface area contributed by atoms with Crippen LogP contribution in [-0.4, -0.2) is 17.6 Å². The molecule has 0 saturated heterocycles. The second-order valence-electron chi connectivity index (χ2n) is 9.10. The summed E-state index contributed by atoms with van der Waals surface area (Å²) in [5, 5.41) is 7.89. The molecule has 4 rings (SSSR count). The molecule has 0 aromatic heterocycles. The van der Waals surface area contributed by atoms with E-state index in [4.69, 9.17) is 16.4 Å². The third-order valence-electron chi connectivity index (χ3n) is 7.57. The van der Waals surface area contributed by atoms with E-state index in [1.807, 2.05) is 12.1 Å². The van der Waals surface area contributed by atoms with Crippen molar-refractivity contribution in [3.63, 3.8) is 0 Å². The highest BCUT2D eigenvalue weighted by Gasteiger charge is 2.71. The van der Waals surface area contributed by atoms with Crippen molar-refractivity contribution in [2.45, 2.75) is 40.0 Å². The van der Waals surface area contributed by atoms with E-state index >= 15 is 0 Å². The third-order valence-corrected chi connectivity index (χ3v) is 8.33. The van der Waals surface area contributed by atoms with Crippen LogP contribution in [0.3, 0.4) is 0 Å². The second kappa shape index (κ2) is 7.75. The zero-order chi connectivity index (χ0) is 22.4. The van der Waals surface area contributed by atoms with E-state index in [0.29, 0.717) is 22.7 Å². The van der Waals surface area contributed by atoms with Gasteiger partial charge in [-0.1, -0.05) is 59.5 Å². The molecule has 1 N–H and O–H groups in total. The van der Waals surface area contributed by atoms with Gasteiger partial charge < -0.3 is 10.2 Å². The van der Waals surface area contributed by atoms with E-state index < -0.39 is 11.4 Å². The number of amides is 1. The third kappa shape index (κ3) is 3.50. The molecule has 2 unspecified atom stereocenters. The molecule has 2 atom stereocenters. The van der Waals surface area contributed by atoms with Gasteiger partial charge >= 0.3 is 5.97 Å². The average Bonchev–Trinajstić information content (AvgIpc) is 3.03. The highest BCUT2D eigenvalue weighted by Crippen LogP contribution is 2.71. The molecule has 0 heterocycles. The van der Waals surface area contributed by atoms with Gasteiger partial charge in [0.1, 0.15) is 0 Å². The first-order valence-electron chi connectivity index (χ1n) is 10.2. The van der Waals surface area contributed by atoms with Gasteiger partial charge in [0.25, 0.3) is 0 Å². The van der Waals surface area contributed by atoms with Crippen LogP contribution in [0.4, 0.5) is 5.69 Å². The Hall–Kier alpha value is -2.18. The van der Waals surface area contributed by atoms with Gasteiger partial charge in [-0.2, -0.15) is 0 Å². The number of hydrogen-bond donors (Lipinski definition) is 1. The molecule has 0 aliphatic heterocycles. The first-order chi connectivity index (χ1) is 14.6. The minimum atomic E-state index is -0.632. The van der Waals surface area contributed by atoms with E-state index in [0.717, 1.165) is 23.0 Å². The van der Waals surface area contributed by atoms with E-state index in [2.05, 4.69) is 47.2 Å². The number of halogens is 2. The standard InChI is InChI=1S/C24H24BrClN2O3/c1-22(2)23(3)11-12-24(22,21(30)27-18-6-4-5-17(26)13-18)14-19(23)28-31-20(29)15-7-9-16(25)10-8-15/h4-10,13H,11-12,14H2,1-3H3,(H,27,30)/b28-19+. The van der Waals surface area contributed by atoms with Crippen LogP contribution in [0.25, 0.3) is 0 Å². The Bertz CT molecular complexity index is 1080. The molecule has 2 aliphatic carbocycles. The lowest BCUT2D eigenvalue weighted by atomic mass is 9.64. The van der Waals surface area contributed by atoms with Crippen molar-refractivity contribution in [1.82, 2.24) is 0 Å². The van der Waals surface area contributed by atoms with Crippen LogP contribution >= 0.6 is 27.5 Å². The predicted molar refractivity (Wildman–Crippen MR) is 125 cm³/mol. The van der Waals surface area contributed by atoms with Gasteiger partial charge in [-0.3, -0.25) is 4.79 Å². The van der Waals surface area contributed by atoms with Crippen molar-refractivity contribution in [3.05, 3.63) is 63.6 Å². The maximum absolute atomic E-state index is 13.5. The monoisotopic (exact) mass is 502 g/mol. The molecule has 5 nitrogen and oxygen atoms in total. The van der Waals surface area contributed by atoms with Crippen molar-refractivity contribution in [1.29, 1.82) is 0 Å². The largest absolute Gasteiger partial charge is 0.365 e. The first-order valence-corrected chi connectivity index (χ1v) is 11.4. The lowest BCUT2D eigenvalue weighted by Crippen LogP contribution is -2.43. The van der Waals surface area contributed by atoms with Gasteiger partial charge in [0.05, 0.1) is 16.7 Å². The minimum Gasteiger partial charge on any atom is -0.326 e. The fourth-order valence-electron chi connectivity index (χ4n) is 5.07. The number of anilines is 1. The number of nitrogens with one attached hydrogen (secondary N) is 1. The summed E-state index contributed by atoms with van der Waals surface area (Å²) >= 11 is 9.43. The van der Waals surface area contributed by atoms with Crippen LogP contribution in [0.1, 0.15) is 50.4 Å². The van der Waals surface area contributed by atoms with E-state index in [9.17, 15) is 9.59 Å². The Morgan fingerprint density at radius 2 is 1.81 bits per heavy atom. The van der Waals surface area contributed by atoms with E-state index in [-0.39, 0.29) is 16.7 Å². The smallest absolute Gasteiger partial charge is 0.326 e. The van der Waals surface area contributed by atoms with Gasteiger partial charge in [0.2, 0.25) is 5.91 Å². The molecule has 31 heavy (non-hydrogen) atoms. The van der Waals surface area contributed by atoms with Crippen molar-refractivity contribution < 1.29 is 14.4 Å². The maximum atomic E-state index is 13.5. The van der Waals surface area contributed by atoms with Gasteiger partial charge in [-0.25, -0.2) is 4.79 Å². The molecule has 2 aliphatic rings. The summed E-state index contributed by atoms with van der Waals surface area (Å²) in [6.45, 7) is 6.33. The summed E-state index contributed by atoms with van der Waals surface area (Å²) in [6, 6.07) is 14.1. The fraction of sp³-hybridized carbons (Fsp3) is 0.375. The van der Waals surface area contributed by atoms with Gasteiger partial charge in [-0.15, -0.1) is 0 Å². The number of carbonyl (C=O) groups is 2. The van der Waals surface area contributed by atoms with Gasteiger partial charge in [0, 0.05) is 27.0 Å². The van der Waals surface area contributed by atoms with Crippen LogP contribution < -0.4 is 5.32 Å². The first kappa shape index (κ1) is 22.0. The average molecular weight is 504 g/mol. The summed E-state index contributed by atoms with van der Waals surface area (Å²) in [5.41, 5.74) is 0.532. The summed E-state index contributed by atoms with van der Waals surface area (Å²) in [6.07, 6.45) is 2.01. The zero-order valence-corrected chi connectivity index (χ0v) is 20.0. The number of rotatable bonds is 4. The SMILES string of the molecule is CC12CCC(C(=O)Nc3cccc(Cl)c3)(C/C1=N\OC(=O)c1ccc(Br)cc1)C2(C)C. The van der Waals surface area contributed by atoms with Crippen molar-refractivity contribution in [3.8, 4) is 0 Å². The molecular formula is C24H24BrClN2O3. The molecule has 162 valence electrons. The number of hydrogen-bond acceptors (Lipinski definition) is 4. The zero-order valence-electron chi connectivity index (χ0n) is 17.7. The van der Waals surface area contributed by atoms with Crippen LogP contribution in [0.5, 0.6) is 0 Å². The Labute approximate surface area is 195 Å². The Morgan fingerprint density at radius 3 is 2.48 bits per heavy atom. The van der Waals surface area contributed by atoms with Crippen molar-refractivity contribution in [2.75, 3.05) is 5.32 Å². The van der Waals surface area contributed by atoms with Crippen LogP contribution in [0.2, 0.25) is 5.02 Å². The number of carbonyl (C=O) groups excluding carboxylic acids is 2. The van der Waals surface area contributed by atoms with Crippen LogP contribution in [-0.2, 0) is 9.63 Å². The summed E-state index contributed by atoms with van der Waals surface area (Å²) in [5.74, 6) is -0.561. The number of fused-ring (bicyclic) bond motifs is 2. The quantitative estimate of drug-likeness (QED) is 0.384. The van der Waals surface area contributed by atoms with E-state index in [1.54, 1.807) is 36.4 Å². The summed E-state index contributed by atoms with van der Waals surface area (Å²) in [7, 11) is 0. The molecule has 7 heteroatoms. The number of benzene rings is 2. The Kier molecular flexibility index (Phi) is 5.51. The van der Waals surface area contributed by atoms with Crippen molar-refractivity contribution >= 4 is 50.8 Å². The molecule has 2 bridgehead atoms. The molecule has 2 aromatic rings. The minimum absolute atomic E-state index is 0.0482. The number of oxime groups is 1. The predicted octanol–water partition coefficient (Wildman–Crippen LogP) is 6.47. The van der Waals surface area contributed by atoms with Gasteiger partial charge in [-0.05, 0) is 60.7 Å². The molecule has 0 radical (unpaired) electrons. The Morgan fingerprint density at radius 1 is 1.10 bits per heavy atom. The summed E-state index contributed by atoms with van der Waals surface area (Å²) < 4.78 is 0.880. The molecule has 1 amide bonds. The highest BCUT2D eigenvalue weighted by atomic mass is 79.9. The molecular weight excluding hydrogens is 480 g/mol. The number of nitrogens with zero attached hydrogens (tertiary/aromatic N) is 1. The second-order valence-corrected chi connectivity index (χ2v) is 10.5. The van der Waals surface area contributed by atoms with Crippen LogP contribution in [0, 0.1) is 16.2 Å². The highest BCUT2D eigenvalue weighted by molar-refractivity contribution is 9.10. The van der Waals surface area contributed by atoms with Crippen molar-refractivity contribution in [2.24, 2.45) is 21.4 Å². The molecule has 2 saturated carbocycles. The lowest BCUT2D eigenvalue weighted by Gasteiger charge is -2.39. The van der Waals surface area contributed by atoms with E-state index in [1.165, 1.54) is 0 Å².